The van der Waals surface area contributed by atoms with Gasteiger partial charge in [0.2, 0.25) is 22.7 Å². The SMILES string of the molecule is CN1C(=O)C(C)(C)c2cc(S(=O)(=O)N3CCN(Cc4ccc5c(c4)OCO5)CC3)ccc21. The van der Waals surface area contributed by atoms with Crippen LogP contribution >= 0.6 is 0 Å². The van der Waals surface area contributed by atoms with Gasteiger partial charge in [0.15, 0.2) is 11.5 Å². The van der Waals surface area contributed by atoms with E-state index in [1.807, 2.05) is 32.0 Å². The summed E-state index contributed by atoms with van der Waals surface area (Å²) >= 11 is 0. The van der Waals surface area contributed by atoms with Crippen LogP contribution in [0.15, 0.2) is 41.3 Å². The number of ether oxygens (including phenoxy) is 2. The molecule has 3 heterocycles. The van der Waals surface area contributed by atoms with E-state index in [4.69, 9.17) is 9.47 Å². The molecule has 1 fully saturated rings. The van der Waals surface area contributed by atoms with Gasteiger partial charge >= 0.3 is 0 Å². The molecule has 3 aliphatic heterocycles. The van der Waals surface area contributed by atoms with Crippen LogP contribution in [0.25, 0.3) is 0 Å². The minimum Gasteiger partial charge on any atom is -0.454 e. The molecule has 5 rings (SSSR count). The highest BCUT2D eigenvalue weighted by Gasteiger charge is 2.43. The maximum absolute atomic E-state index is 13.3. The van der Waals surface area contributed by atoms with Crippen molar-refractivity contribution in [3.05, 3.63) is 47.5 Å². The molecule has 1 amide bonds. The second-order valence-electron chi connectivity index (χ2n) is 9.04. The number of amides is 1. The summed E-state index contributed by atoms with van der Waals surface area (Å²) in [5.74, 6) is 1.49. The molecule has 8 nitrogen and oxygen atoms in total. The number of carbonyl (C=O) groups is 1. The third kappa shape index (κ3) is 3.35. The van der Waals surface area contributed by atoms with Crippen molar-refractivity contribution in [1.82, 2.24) is 9.21 Å². The van der Waals surface area contributed by atoms with Gasteiger partial charge in [-0.1, -0.05) is 6.07 Å². The third-order valence-electron chi connectivity index (χ3n) is 6.65. The normalized spacial score (nSPS) is 20.6. The molecular weight excluding hydrogens is 430 g/mol. The number of fused-ring (bicyclic) bond motifs is 2. The highest BCUT2D eigenvalue weighted by atomic mass is 32.2. The Morgan fingerprint density at radius 2 is 1.69 bits per heavy atom. The fourth-order valence-electron chi connectivity index (χ4n) is 4.69. The number of likely N-dealkylation sites (N-methyl/N-ethyl adjacent to an activating group) is 1. The summed E-state index contributed by atoms with van der Waals surface area (Å²) in [5, 5.41) is 0. The van der Waals surface area contributed by atoms with Crippen molar-refractivity contribution >= 4 is 21.6 Å². The first-order valence-corrected chi connectivity index (χ1v) is 12.2. The number of hydrogen-bond donors (Lipinski definition) is 0. The van der Waals surface area contributed by atoms with E-state index in [0.29, 0.717) is 26.2 Å². The van der Waals surface area contributed by atoms with Crippen LogP contribution in [0.4, 0.5) is 5.69 Å². The van der Waals surface area contributed by atoms with Crippen LogP contribution in [0.2, 0.25) is 0 Å². The van der Waals surface area contributed by atoms with Crippen molar-refractivity contribution in [3.63, 3.8) is 0 Å². The van der Waals surface area contributed by atoms with Gasteiger partial charge in [0.25, 0.3) is 0 Å². The zero-order valence-electron chi connectivity index (χ0n) is 18.5. The van der Waals surface area contributed by atoms with E-state index < -0.39 is 15.4 Å². The van der Waals surface area contributed by atoms with Gasteiger partial charge < -0.3 is 14.4 Å². The lowest BCUT2D eigenvalue weighted by atomic mass is 9.86. The van der Waals surface area contributed by atoms with Gasteiger partial charge in [0.05, 0.1) is 10.3 Å². The molecule has 0 atom stereocenters. The molecule has 3 aliphatic rings. The summed E-state index contributed by atoms with van der Waals surface area (Å²) in [6.45, 7) is 6.78. The Balaban J connectivity index is 1.29. The standard InChI is InChI=1S/C23H27N3O5S/c1-23(2)18-13-17(5-6-19(18)24(3)22(23)27)32(28,29)26-10-8-25(9-11-26)14-16-4-7-20-21(12-16)31-15-30-20/h4-7,12-13H,8-11,14-15H2,1-3H3. The van der Waals surface area contributed by atoms with Crippen LogP contribution in [-0.4, -0.2) is 63.5 Å². The average Bonchev–Trinajstić information content (AvgIpc) is 3.31. The minimum atomic E-state index is -3.63. The van der Waals surface area contributed by atoms with Gasteiger partial charge in [-0.15, -0.1) is 0 Å². The van der Waals surface area contributed by atoms with Gasteiger partial charge in [-0.25, -0.2) is 8.42 Å². The molecule has 9 heteroatoms. The predicted octanol–water partition coefficient (Wildman–Crippen LogP) is 2.18. The Labute approximate surface area is 188 Å². The van der Waals surface area contributed by atoms with E-state index in [0.717, 1.165) is 34.9 Å². The van der Waals surface area contributed by atoms with Crippen LogP contribution in [0.1, 0.15) is 25.0 Å². The lowest BCUT2D eigenvalue weighted by molar-refractivity contribution is -0.121. The molecular formula is C23H27N3O5S. The third-order valence-corrected chi connectivity index (χ3v) is 8.55. The molecule has 0 aromatic heterocycles. The van der Waals surface area contributed by atoms with Crippen LogP contribution in [0.3, 0.4) is 0 Å². The first-order chi connectivity index (χ1) is 15.2. The second-order valence-corrected chi connectivity index (χ2v) is 11.0. The molecule has 0 bridgehead atoms. The number of carbonyl (C=O) groups excluding carboxylic acids is 1. The predicted molar refractivity (Wildman–Crippen MR) is 119 cm³/mol. The van der Waals surface area contributed by atoms with E-state index in [1.54, 1.807) is 34.5 Å². The Morgan fingerprint density at radius 3 is 2.44 bits per heavy atom. The van der Waals surface area contributed by atoms with E-state index in [9.17, 15) is 13.2 Å². The monoisotopic (exact) mass is 457 g/mol. The van der Waals surface area contributed by atoms with E-state index >= 15 is 0 Å². The fourth-order valence-corrected chi connectivity index (χ4v) is 6.14. The largest absolute Gasteiger partial charge is 0.454 e. The molecule has 0 spiro atoms. The molecule has 0 radical (unpaired) electrons. The Morgan fingerprint density at radius 1 is 0.969 bits per heavy atom. The Hall–Kier alpha value is -2.62. The number of hydrogen-bond acceptors (Lipinski definition) is 6. The number of sulfonamides is 1. The van der Waals surface area contributed by atoms with Gasteiger partial charge in [-0.2, -0.15) is 4.31 Å². The van der Waals surface area contributed by atoms with Crippen molar-refractivity contribution < 1.29 is 22.7 Å². The number of piperazine rings is 1. The summed E-state index contributed by atoms with van der Waals surface area (Å²) in [5.41, 5.74) is 1.90. The molecule has 1 saturated heterocycles. The molecule has 0 aliphatic carbocycles. The first-order valence-electron chi connectivity index (χ1n) is 10.7. The minimum absolute atomic E-state index is 0.0285. The molecule has 0 saturated carbocycles. The van der Waals surface area contributed by atoms with E-state index in [2.05, 4.69) is 4.90 Å². The van der Waals surface area contributed by atoms with Gasteiger partial charge in [0.1, 0.15) is 0 Å². The van der Waals surface area contributed by atoms with Crippen LogP contribution in [0.5, 0.6) is 11.5 Å². The maximum Gasteiger partial charge on any atom is 0.243 e. The van der Waals surface area contributed by atoms with Crippen LogP contribution in [0, 0.1) is 0 Å². The summed E-state index contributed by atoms with van der Waals surface area (Å²) in [7, 11) is -1.91. The van der Waals surface area contributed by atoms with Crippen LogP contribution < -0.4 is 14.4 Å². The lowest BCUT2D eigenvalue weighted by Gasteiger charge is -2.34. The smallest absolute Gasteiger partial charge is 0.243 e. The summed E-state index contributed by atoms with van der Waals surface area (Å²) in [4.78, 5) is 16.6. The summed E-state index contributed by atoms with van der Waals surface area (Å²) in [6.07, 6.45) is 0. The highest BCUT2D eigenvalue weighted by molar-refractivity contribution is 7.89. The maximum atomic E-state index is 13.3. The van der Waals surface area contributed by atoms with E-state index in [1.165, 1.54) is 0 Å². The number of rotatable bonds is 4. The van der Waals surface area contributed by atoms with Crippen molar-refractivity contribution in [3.8, 4) is 11.5 Å². The quantitative estimate of drug-likeness (QED) is 0.700. The van der Waals surface area contributed by atoms with E-state index in [-0.39, 0.29) is 17.6 Å². The number of nitrogens with zero attached hydrogens (tertiary/aromatic N) is 3. The zero-order chi connectivity index (χ0) is 22.7. The lowest BCUT2D eigenvalue weighted by Crippen LogP contribution is -2.48. The van der Waals surface area contributed by atoms with Crippen molar-refractivity contribution in [2.75, 3.05) is 44.9 Å². The Bertz CT molecular complexity index is 1190. The highest BCUT2D eigenvalue weighted by Crippen LogP contribution is 2.42. The van der Waals surface area contributed by atoms with Crippen molar-refractivity contribution in [1.29, 1.82) is 0 Å². The number of benzene rings is 2. The van der Waals surface area contributed by atoms with Gasteiger partial charge in [0, 0.05) is 45.5 Å². The molecule has 170 valence electrons. The molecule has 0 unspecified atom stereocenters. The topological polar surface area (TPSA) is 79.4 Å². The zero-order valence-corrected chi connectivity index (χ0v) is 19.3. The fraction of sp³-hybridized carbons (Fsp3) is 0.435. The number of anilines is 1. The molecule has 0 N–H and O–H groups in total. The van der Waals surface area contributed by atoms with Crippen molar-refractivity contribution in [2.45, 2.75) is 30.7 Å². The van der Waals surface area contributed by atoms with Gasteiger partial charge in [-0.05, 0) is 55.3 Å². The van der Waals surface area contributed by atoms with Crippen LogP contribution in [-0.2, 0) is 26.8 Å². The second kappa shape index (κ2) is 7.47. The first kappa shape index (κ1) is 21.2. The average molecular weight is 458 g/mol. The Kier molecular flexibility index (Phi) is 4.96. The molecule has 32 heavy (non-hydrogen) atoms. The summed E-state index contributed by atoms with van der Waals surface area (Å²) < 4.78 is 39.0. The molecule has 2 aromatic rings. The van der Waals surface area contributed by atoms with Crippen molar-refractivity contribution in [2.24, 2.45) is 0 Å². The molecule has 2 aromatic carbocycles. The van der Waals surface area contributed by atoms with Gasteiger partial charge in [-0.3, -0.25) is 9.69 Å². The summed E-state index contributed by atoms with van der Waals surface area (Å²) in [6, 6.07) is 10.9.